The zero-order valence-corrected chi connectivity index (χ0v) is 11.0. The van der Waals surface area contributed by atoms with E-state index in [1.807, 2.05) is 11.8 Å². The third-order valence-corrected chi connectivity index (χ3v) is 3.72. The maximum Gasteiger partial charge on any atom is 0.251 e. The number of amides is 1. The first kappa shape index (κ1) is 12.4. The van der Waals surface area contributed by atoms with Crippen molar-refractivity contribution in [2.75, 3.05) is 37.7 Å². The molecule has 2 fully saturated rings. The maximum atomic E-state index is 12.2. The zero-order chi connectivity index (χ0) is 13.2. The van der Waals surface area contributed by atoms with Crippen LogP contribution in [0.25, 0.3) is 0 Å². The molecule has 0 radical (unpaired) electrons. The van der Waals surface area contributed by atoms with Crippen LogP contribution in [0.3, 0.4) is 0 Å². The fourth-order valence-electron chi connectivity index (χ4n) is 2.63. The first-order valence-electron chi connectivity index (χ1n) is 6.70. The number of carbonyl (C=O) groups excluding carboxylic acids is 1. The van der Waals surface area contributed by atoms with Gasteiger partial charge in [-0.1, -0.05) is 5.16 Å². The Morgan fingerprint density at radius 1 is 1.26 bits per heavy atom. The molecule has 0 bridgehead atoms. The summed E-state index contributed by atoms with van der Waals surface area (Å²) in [5, 5.41) is 7.68. The van der Waals surface area contributed by atoms with Gasteiger partial charge in [-0.05, 0) is 24.9 Å². The highest BCUT2D eigenvalue weighted by Gasteiger charge is 2.31. The van der Waals surface area contributed by atoms with Crippen molar-refractivity contribution in [2.45, 2.75) is 25.9 Å². The predicted molar refractivity (Wildman–Crippen MR) is 66.8 cm³/mol. The largest absolute Gasteiger partial charge is 0.368 e. The Kier molecular flexibility index (Phi) is 3.37. The third-order valence-electron chi connectivity index (χ3n) is 3.72. The van der Waals surface area contributed by atoms with E-state index in [-0.39, 0.29) is 12.0 Å². The van der Waals surface area contributed by atoms with Crippen LogP contribution < -0.4 is 4.90 Å². The molecular formula is C12H18N4O3. The molecule has 7 nitrogen and oxygen atoms in total. The first-order valence-corrected chi connectivity index (χ1v) is 6.70. The molecule has 0 saturated carbocycles. The van der Waals surface area contributed by atoms with Gasteiger partial charge in [0.1, 0.15) is 11.8 Å². The second-order valence-electron chi connectivity index (χ2n) is 4.99. The van der Waals surface area contributed by atoms with Gasteiger partial charge in [0.2, 0.25) is 0 Å². The third kappa shape index (κ3) is 2.42. The van der Waals surface area contributed by atoms with E-state index in [4.69, 9.17) is 9.37 Å². The summed E-state index contributed by atoms with van der Waals surface area (Å²) in [6.07, 6.45) is 1.62. The number of anilines is 1. The van der Waals surface area contributed by atoms with Gasteiger partial charge >= 0.3 is 0 Å². The Morgan fingerprint density at radius 3 is 2.63 bits per heavy atom. The Bertz CT molecular complexity index is 448. The van der Waals surface area contributed by atoms with E-state index >= 15 is 0 Å². The quantitative estimate of drug-likeness (QED) is 0.762. The van der Waals surface area contributed by atoms with Crippen molar-refractivity contribution >= 4 is 11.7 Å². The highest BCUT2D eigenvalue weighted by molar-refractivity contribution is 5.81. The summed E-state index contributed by atoms with van der Waals surface area (Å²) < 4.78 is 10.2. The zero-order valence-electron chi connectivity index (χ0n) is 11.0. The molecule has 0 N–H and O–H groups in total. The molecule has 2 saturated heterocycles. The second kappa shape index (κ2) is 5.16. The van der Waals surface area contributed by atoms with E-state index in [1.54, 1.807) is 0 Å². The van der Waals surface area contributed by atoms with Gasteiger partial charge in [0.25, 0.3) is 5.91 Å². The molecule has 1 aromatic rings. The number of hydrogen-bond donors (Lipinski definition) is 0. The average molecular weight is 266 g/mol. The molecule has 1 atom stereocenters. The Balaban J connectivity index is 1.57. The molecule has 104 valence electrons. The molecule has 19 heavy (non-hydrogen) atoms. The molecule has 0 aromatic carbocycles. The lowest BCUT2D eigenvalue weighted by Crippen LogP contribution is -2.51. The summed E-state index contributed by atoms with van der Waals surface area (Å²) >= 11 is 0. The van der Waals surface area contributed by atoms with Crippen molar-refractivity contribution in [1.82, 2.24) is 15.2 Å². The van der Waals surface area contributed by atoms with Crippen LogP contribution in [0.1, 0.15) is 18.5 Å². The minimum atomic E-state index is -0.220. The van der Waals surface area contributed by atoms with Crippen molar-refractivity contribution < 1.29 is 14.2 Å². The minimum absolute atomic E-state index is 0.132. The molecule has 0 spiro atoms. The fourth-order valence-corrected chi connectivity index (χ4v) is 2.63. The molecular weight excluding hydrogens is 248 g/mol. The van der Waals surface area contributed by atoms with Crippen LogP contribution in [-0.4, -0.2) is 60.0 Å². The molecule has 2 aliphatic rings. The number of carbonyl (C=O) groups is 1. The van der Waals surface area contributed by atoms with Crippen molar-refractivity contribution in [3.8, 4) is 0 Å². The summed E-state index contributed by atoms with van der Waals surface area (Å²) in [5.74, 6) is 0.913. The lowest BCUT2D eigenvalue weighted by Gasteiger charge is -2.35. The molecule has 7 heteroatoms. The van der Waals surface area contributed by atoms with Crippen molar-refractivity contribution in [2.24, 2.45) is 0 Å². The van der Waals surface area contributed by atoms with Gasteiger partial charge in [0.15, 0.2) is 5.82 Å². The number of aryl methyl sites for hydroxylation is 1. The Morgan fingerprint density at radius 2 is 2.05 bits per heavy atom. The van der Waals surface area contributed by atoms with E-state index in [0.29, 0.717) is 19.7 Å². The molecule has 1 amide bonds. The van der Waals surface area contributed by atoms with E-state index in [2.05, 4.69) is 15.2 Å². The summed E-state index contributed by atoms with van der Waals surface area (Å²) in [5.41, 5.74) is 0.791. The number of aromatic nitrogens is 2. The van der Waals surface area contributed by atoms with E-state index in [1.165, 1.54) is 0 Å². The number of nitrogens with zero attached hydrogens (tertiary/aromatic N) is 4. The van der Waals surface area contributed by atoms with Crippen LogP contribution in [0.15, 0.2) is 4.63 Å². The highest BCUT2D eigenvalue weighted by Crippen LogP contribution is 2.19. The van der Waals surface area contributed by atoms with Gasteiger partial charge in [0, 0.05) is 32.8 Å². The van der Waals surface area contributed by atoms with Crippen molar-refractivity contribution in [1.29, 1.82) is 0 Å². The highest BCUT2D eigenvalue weighted by atomic mass is 16.6. The van der Waals surface area contributed by atoms with Crippen molar-refractivity contribution in [3.05, 3.63) is 5.69 Å². The minimum Gasteiger partial charge on any atom is -0.368 e. The van der Waals surface area contributed by atoms with Crippen LogP contribution in [0, 0.1) is 6.92 Å². The normalized spacial score (nSPS) is 23.9. The monoisotopic (exact) mass is 266 g/mol. The van der Waals surface area contributed by atoms with Crippen LogP contribution in [0.2, 0.25) is 0 Å². The Labute approximate surface area is 111 Å². The van der Waals surface area contributed by atoms with Gasteiger partial charge in [-0.3, -0.25) is 4.79 Å². The van der Waals surface area contributed by atoms with Gasteiger partial charge in [-0.25, -0.2) is 4.63 Å². The fraction of sp³-hybridized carbons (Fsp3) is 0.750. The second-order valence-corrected chi connectivity index (χ2v) is 4.99. The summed E-state index contributed by atoms with van der Waals surface area (Å²) in [7, 11) is 0. The van der Waals surface area contributed by atoms with Crippen LogP contribution in [0.5, 0.6) is 0 Å². The Hall–Kier alpha value is -1.63. The number of rotatable bonds is 2. The lowest BCUT2D eigenvalue weighted by atomic mass is 10.2. The molecule has 3 rings (SSSR count). The van der Waals surface area contributed by atoms with E-state index < -0.39 is 0 Å². The van der Waals surface area contributed by atoms with Gasteiger partial charge in [0.05, 0.1) is 0 Å². The maximum absolute atomic E-state index is 12.2. The van der Waals surface area contributed by atoms with Crippen LogP contribution in [0.4, 0.5) is 5.82 Å². The smallest absolute Gasteiger partial charge is 0.251 e. The summed E-state index contributed by atoms with van der Waals surface area (Å²) in [6, 6.07) is 0. The van der Waals surface area contributed by atoms with E-state index in [0.717, 1.165) is 37.4 Å². The summed E-state index contributed by atoms with van der Waals surface area (Å²) in [6.45, 7) is 5.49. The molecule has 0 unspecified atom stereocenters. The number of hydrogen-bond acceptors (Lipinski definition) is 6. The standard InChI is InChI=1S/C12H18N4O3/c1-9-11(14-19-13-9)15-4-6-16(7-5-15)12(17)10-3-2-8-18-10/h10H,2-8H2,1H3/t10-/m0/s1. The molecule has 0 aliphatic carbocycles. The molecule has 1 aromatic heterocycles. The van der Waals surface area contributed by atoms with Gasteiger partial charge in [-0.2, -0.15) is 0 Å². The first-order chi connectivity index (χ1) is 9.25. The SMILES string of the molecule is Cc1nonc1N1CCN(C(=O)[C@@H]2CCCO2)CC1. The average Bonchev–Trinajstić information content (AvgIpc) is 3.09. The van der Waals surface area contributed by atoms with Crippen LogP contribution >= 0.6 is 0 Å². The van der Waals surface area contributed by atoms with Crippen molar-refractivity contribution in [3.63, 3.8) is 0 Å². The molecule has 3 heterocycles. The van der Waals surface area contributed by atoms with Gasteiger partial charge < -0.3 is 14.5 Å². The number of ether oxygens (including phenoxy) is 1. The number of piperazine rings is 1. The van der Waals surface area contributed by atoms with Gasteiger partial charge in [-0.15, -0.1) is 0 Å². The molecule has 2 aliphatic heterocycles. The van der Waals surface area contributed by atoms with E-state index in [9.17, 15) is 4.79 Å². The lowest BCUT2D eigenvalue weighted by molar-refractivity contribution is -0.141. The topological polar surface area (TPSA) is 71.7 Å². The van der Waals surface area contributed by atoms with Crippen LogP contribution in [-0.2, 0) is 9.53 Å². The predicted octanol–water partition coefficient (Wildman–Crippen LogP) is 0.206. The summed E-state index contributed by atoms with van der Waals surface area (Å²) in [4.78, 5) is 16.2.